The first-order valence-electron chi connectivity index (χ1n) is 7.26. The van der Waals surface area contributed by atoms with Gasteiger partial charge in [-0.15, -0.1) is 0 Å². The molecule has 116 valence electrons. The summed E-state index contributed by atoms with van der Waals surface area (Å²) >= 11 is 0. The van der Waals surface area contributed by atoms with Crippen LogP contribution in [0.4, 0.5) is 4.39 Å². The third-order valence-electron chi connectivity index (χ3n) is 4.15. The molecule has 0 heterocycles. The van der Waals surface area contributed by atoms with Crippen LogP contribution in [0.5, 0.6) is 0 Å². The minimum absolute atomic E-state index is 0.103. The summed E-state index contributed by atoms with van der Waals surface area (Å²) in [4.78, 5) is 0. The number of aliphatic hydroxyl groups is 1. The number of aliphatic hydroxyl groups excluding tert-OH is 1. The summed E-state index contributed by atoms with van der Waals surface area (Å²) < 4.78 is 13.3. The number of hydrogen-bond donors (Lipinski definition) is 4. The lowest BCUT2D eigenvalue weighted by Crippen LogP contribution is -2.40. The van der Waals surface area contributed by atoms with Crippen LogP contribution in [0.25, 0.3) is 0 Å². The SMILES string of the molecule is N/C(=N/O)c1cc(F)ccc1CNC1CCCCC1CO. The van der Waals surface area contributed by atoms with Crippen LogP contribution in [0.2, 0.25) is 0 Å². The largest absolute Gasteiger partial charge is 0.409 e. The third-order valence-corrected chi connectivity index (χ3v) is 4.15. The molecule has 0 spiro atoms. The first kappa shape index (κ1) is 15.7. The van der Waals surface area contributed by atoms with E-state index in [1.54, 1.807) is 6.07 Å². The molecule has 0 aliphatic heterocycles. The molecule has 2 unspecified atom stereocenters. The topological polar surface area (TPSA) is 90.9 Å². The molecule has 5 N–H and O–H groups in total. The average Bonchev–Trinajstić information content (AvgIpc) is 2.53. The molecule has 0 aromatic heterocycles. The van der Waals surface area contributed by atoms with Gasteiger partial charge in [0.15, 0.2) is 5.84 Å². The van der Waals surface area contributed by atoms with Crippen molar-refractivity contribution in [1.82, 2.24) is 5.32 Å². The molecule has 1 saturated carbocycles. The summed E-state index contributed by atoms with van der Waals surface area (Å²) in [5, 5.41) is 24.6. The monoisotopic (exact) mass is 295 g/mol. The van der Waals surface area contributed by atoms with Gasteiger partial charge in [0, 0.05) is 24.8 Å². The first-order valence-corrected chi connectivity index (χ1v) is 7.26. The van der Waals surface area contributed by atoms with Gasteiger partial charge >= 0.3 is 0 Å². The number of rotatable bonds is 5. The van der Waals surface area contributed by atoms with Crippen molar-refractivity contribution in [1.29, 1.82) is 0 Å². The number of halogens is 1. The highest BCUT2D eigenvalue weighted by Crippen LogP contribution is 2.24. The quantitative estimate of drug-likeness (QED) is 0.287. The highest BCUT2D eigenvalue weighted by Gasteiger charge is 2.24. The van der Waals surface area contributed by atoms with Gasteiger partial charge < -0.3 is 21.4 Å². The lowest BCUT2D eigenvalue weighted by atomic mass is 9.85. The van der Waals surface area contributed by atoms with Crippen LogP contribution in [-0.2, 0) is 6.54 Å². The fourth-order valence-corrected chi connectivity index (χ4v) is 2.93. The summed E-state index contributed by atoms with van der Waals surface area (Å²) in [7, 11) is 0. The zero-order chi connectivity index (χ0) is 15.2. The maximum atomic E-state index is 13.3. The van der Waals surface area contributed by atoms with Crippen molar-refractivity contribution in [2.45, 2.75) is 38.3 Å². The number of oxime groups is 1. The summed E-state index contributed by atoms with van der Waals surface area (Å²) in [6.45, 7) is 0.668. The lowest BCUT2D eigenvalue weighted by molar-refractivity contribution is 0.152. The van der Waals surface area contributed by atoms with Crippen LogP contribution in [-0.4, -0.2) is 28.8 Å². The van der Waals surface area contributed by atoms with Gasteiger partial charge in [0.25, 0.3) is 0 Å². The number of benzene rings is 1. The van der Waals surface area contributed by atoms with Crippen molar-refractivity contribution in [3.05, 3.63) is 35.1 Å². The molecule has 0 radical (unpaired) electrons. The summed E-state index contributed by atoms with van der Waals surface area (Å²) in [5.74, 6) is -0.272. The zero-order valence-corrected chi connectivity index (χ0v) is 11.9. The smallest absolute Gasteiger partial charge is 0.170 e. The Morgan fingerprint density at radius 3 is 2.86 bits per heavy atom. The van der Waals surface area contributed by atoms with Gasteiger partial charge in [-0.25, -0.2) is 4.39 Å². The molecule has 2 atom stereocenters. The maximum Gasteiger partial charge on any atom is 0.170 e. The van der Waals surface area contributed by atoms with Crippen molar-refractivity contribution in [2.24, 2.45) is 16.8 Å². The summed E-state index contributed by atoms with van der Waals surface area (Å²) in [6.07, 6.45) is 4.33. The standard InChI is InChI=1S/C15H22FN3O2/c16-12-6-5-10(13(7-12)15(17)19-21)8-18-14-4-2-1-3-11(14)9-20/h5-7,11,14,18,20-21H,1-4,8-9H2,(H2,17,19). The van der Waals surface area contributed by atoms with Crippen LogP contribution in [0.1, 0.15) is 36.8 Å². The minimum Gasteiger partial charge on any atom is -0.409 e. The molecule has 1 aromatic carbocycles. The van der Waals surface area contributed by atoms with Crippen LogP contribution in [0.3, 0.4) is 0 Å². The van der Waals surface area contributed by atoms with Crippen LogP contribution >= 0.6 is 0 Å². The van der Waals surface area contributed by atoms with E-state index in [1.807, 2.05) is 0 Å². The predicted octanol–water partition coefficient (Wildman–Crippen LogP) is 1.56. The molecule has 21 heavy (non-hydrogen) atoms. The molecule has 1 fully saturated rings. The van der Waals surface area contributed by atoms with Crippen LogP contribution in [0.15, 0.2) is 23.4 Å². The van der Waals surface area contributed by atoms with Gasteiger partial charge in [-0.2, -0.15) is 0 Å². The Balaban J connectivity index is 2.09. The van der Waals surface area contributed by atoms with E-state index < -0.39 is 5.82 Å². The Morgan fingerprint density at radius 1 is 1.38 bits per heavy atom. The van der Waals surface area contributed by atoms with Gasteiger partial charge in [0.1, 0.15) is 5.82 Å². The normalized spacial score (nSPS) is 23.2. The minimum atomic E-state index is -0.425. The van der Waals surface area contributed by atoms with E-state index in [0.717, 1.165) is 31.2 Å². The summed E-state index contributed by atoms with van der Waals surface area (Å²) in [6, 6.07) is 4.49. The highest BCUT2D eigenvalue weighted by atomic mass is 19.1. The van der Waals surface area contributed by atoms with Crippen LogP contribution in [0, 0.1) is 11.7 Å². The molecular weight excluding hydrogens is 273 g/mol. The second-order valence-corrected chi connectivity index (χ2v) is 5.50. The molecule has 6 heteroatoms. The van der Waals surface area contributed by atoms with Gasteiger partial charge in [-0.05, 0) is 36.5 Å². The highest BCUT2D eigenvalue weighted by molar-refractivity contribution is 5.98. The predicted molar refractivity (Wildman–Crippen MR) is 78.6 cm³/mol. The Kier molecular flexibility index (Phi) is 5.52. The molecule has 0 saturated heterocycles. The van der Waals surface area contributed by atoms with Crippen molar-refractivity contribution in [2.75, 3.05) is 6.61 Å². The van der Waals surface area contributed by atoms with Crippen molar-refractivity contribution < 1.29 is 14.7 Å². The van der Waals surface area contributed by atoms with E-state index in [4.69, 9.17) is 10.9 Å². The molecule has 0 bridgehead atoms. The molecule has 5 nitrogen and oxygen atoms in total. The van der Waals surface area contributed by atoms with E-state index in [1.165, 1.54) is 12.1 Å². The van der Waals surface area contributed by atoms with Gasteiger partial charge in [0.2, 0.25) is 0 Å². The number of nitrogens with one attached hydrogen (secondary N) is 1. The lowest BCUT2D eigenvalue weighted by Gasteiger charge is -2.31. The second-order valence-electron chi connectivity index (χ2n) is 5.50. The third kappa shape index (κ3) is 3.92. The van der Waals surface area contributed by atoms with Gasteiger partial charge in [-0.3, -0.25) is 0 Å². The van der Waals surface area contributed by atoms with Crippen molar-refractivity contribution in [3.8, 4) is 0 Å². The second kappa shape index (κ2) is 7.38. The Morgan fingerprint density at radius 2 is 2.14 bits per heavy atom. The van der Waals surface area contributed by atoms with Gasteiger partial charge in [0.05, 0.1) is 0 Å². The van der Waals surface area contributed by atoms with Crippen molar-refractivity contribution >= 4 is 5.84 Å². The molecule has 1 aliphatic rings. The molecular formula is C15H22FN3O2. The average molecular weight is 295 g/mol. The number of nitrogens with two attached hydrogens (primary N) is 1. The van der Waals surface area contributed by atoms with Gasteiger partial charge in [-0.1, -0.05) is 24.1 Å². The Bertz CT molecular complexity index is 508. The Hall–Kier alpha value is -1.66. The Labute approximate surface area is 123 Å². The molecule has 1 aliphatic carbocycles. The zero-order valence-electron chi connectivity index (χ0n) is 11.9. The molecule has 1 aromatic rings. The van der Waals surface area contributed by atoms with Crippen LogP contribution < -0.4 is 11.1 Å². The number of hydrogen-bond acceptors (Lipinski definition) is 4. The molecule has 0 amide bonds. The number of amidine groups is 1. The van der Waals surface area contributed by atoms with E-state index in [2.05, 4.69) is 10.5 Å². The van der Waals surface area contributed by atoms with E-state index >= 15 is 0 Å². The fourth-order valence-electron chi connectivity index (χ4n) is 2.93. The van der Waals surface area contributed by atoms with Crippen molar-refractivity contribution in [3.63, 3.8) is 0 Å². The van der Waals surface area contributed by atoms with E-state index in [0.29, 0.717) is 12.1 Å². The number of nitrogens with zero attached hydrogens (tertiary/aromatic N) is 1. The molecule has 2 rings (SSSR count). The fraction of sp³-hybridized carbons (Fsp3) is 0.533. The van der Waals surface area contributed by atoms with E-state index in [-0.39, 0.29) is 24.4 Å². The first-order chi connectivity index (χ1) is 10.2. The van der Waals surface area contributed by atoms with E-state index in [9.17, 15) is 9.50 Å². The summed E-state index contributed by atoms with van der Waals surface area (Å²) in [5.41, 5.74) is 6.75. The maximum absolute atomic E-state index is 13.3.